The number of nitrogens with one attached hydrogen (secondary N) is 1. The van der Waals surface area contributed by atoms with Gasteiger partial charge in [0, 0.05) is 25.2 Å². The summed E-state index contributed by atoms with van der Waals surface area (Å²) in [5.74, 6) is -0.563. The van der Waals surface area contributed by atoms with E-state index >= 15 is 0 Å². The quantitative estimate of drug-likeness (QED) is 0.751. The highest BCUT2D eigenvalue weighted by molar-refractivity contribution is 7.89. The highest BCUT2D eigenvalue weighted by Gasteiger charge is 2.25. The van der Waals surface area contributed by atoms with E-state index in [-0.39, 0.29) is 18.0 Å². The molecule has 0 radical (unpaired) electrons. The van der Waals surface area contributed by atoms with Gasteiger partial charge in [0.25, 0.3) is 5.91 Å². The zero-order valence-corrected chi connectivity index (χ0v) is 16.3. The van der Waals surface area contributed by atoms with Crippen LogP contribution in [0.15, 0.2) is 53.9 Å². The molecule has 0 bridgehead atoms. The Balaban J connectivity index is 1.87. The highest BCUT2D eigenvalue weighted by Crippen LogP contribution is 2.25. The van der Waals surface area contributed by atoms with Crippen LogP contribution < -0.4 is 9.46 Å². The lowest BCUT2D eigenvalue weighted by molar-refractivity contribution is 0.0734. The molecule has 0 aliphatic carbocycles. The zero-order chi connectivity index (χ0) is 20.3. The van der Waals surface area contributed by atoms with Crippen molar-refractivity contribution in [2.24, 2.45) is 0 Å². The van der Waals surface area contributed by atoms with Crippen molar-refractivity contribution in [3.8, 4) is 5.75 Å². The van der Waals surface area contributed by atoms with E-state index in [2.05, 4.69) is 11.3 Å². The molecule has 3 rings (SSSR count). The van der Waals surface area contributed by atoms with Crippen LogP contribution in [-0.2, 0) is 23.0 Å². The molecule has 1 amide bonds. The minimum absolute atomic E-state index is 0.0370. The predicted molar refractivity (Wildman–Crippen MR) is 103 cm³/mol. The number of hydrogen-bond acceptors (Lipinski definition) is 4. The van der Waals surface area contributed by atoms with Crippen molar-refractivity contribution in [1.29, 1.82) is 0 Å². The van der Waals surface area contributed by atoms with Gasteiger partial charge in [0.2, 0.25) is 10.0 Å². The Hall–Kier alpha value is -2.71. The molecule has 2 aromatic rings. The van der Waals surface area contributed by atoms with E-state index in [1.165, 1.54) is 12.1 Å². The van der Waals surface area contributed by atoms with Gasteiger partial charge in [0.05, 0.1) is 7.11 Å². The molecular formula is C20H21FN2O4S. The standard InChI is InChI=1S/C20H21FN2O4S/c1-3-9-22-28(25,26)19-12-15(5-7-18(19)21)20(24)23-10-8-14-4-6-17(27-2)11-16(14)13-23/h3-7,11-12,22H,1,8-10,13H2,2H3. The fourth-order valence-electron chi connectivity index (χ4n) is 3.11. The van der Waals surface area contributed by atoms with E-state index in [1.807, 2.05) is 18.2 Å². The number of hydrogen-bond donors (Lipinski definition) is 1. The van der Waals surface area contributed by atoms with Crippen LogP contribution in [0.2, 0.25) is 0 Å². The summed E-state index contributed by atoms with van der Waals surface area (Å²) in [6, 6.07) is 9.11. The van der Waals surface area contributed by atoms with Gasteiger partial charge in [-0.1, -0.05) is 12.1 Å². The van der Waals surface area contributed by atoms with E-state index in [1.54, 1.807) is 12.0 Å². The lowest BCUT2D eigenvalue weighted by Crippen LogP contribution is -2.36. The van der Waals surface area contributed by atoms with Crippen molar-refractivity contribution in [1.82, 2.24) is 9.62 Å². The van der Waals surface area contributed by atoms with Gasteiger partial charge in [0.15, 0.2) is 0 Å². The molecule has 0 unspecified atom stereocenters. The Bertz CT molecular complexity index is 1020. The summed E-state index contributed by atoms with van der Waals surface area (Å²) in [6.07, 6.45) is 2.03. The van der Waals surface area contributed by atoms with Crippen molar-refractivity contribution >= 4 is 15.9 Å². The largest absolute Gasteiger partial charge is 0.497 e. The number of halogens is 1. The van der Waals surface area contributed by atoms with Crippen LogP contribution in [0.5, 0.6) is 5.75 Å². The maximum Gasteiger partial charge on any atom is 0.254 e. The normalized spacial score (nSPS) is 13.7. The number of sulfonamides is 1. The van der Waals surface area contributed by atoms with Gasteiger partial charge in [-0.3, -0.25) is 4.79 Å². The van der Waals surface area contributed by atoms with E-state index in [0.717, 1.165) is 23.3 Å². The topological polar surface area (TPSA) is 75.7 Å². The minimum Gasteiger partial charge on any atom is -0.497 e. The summed E-state index contributed by atoms with van der Waals surface area (Å²) < 4.78 is 46.1. The second kappa shape index (κ2) is 8.12. The Morgan fingerprint density at radius 2 is 2.07 bits per heavy atom. The van der Waals surface area contributed by atoms with Gasteiger partial charge in [-0.25, -0.2) is 17.5 Å². The maximum absolute atomic E-state index is 14.1. The Morgan fingerprint density at radius 3 is 2.79 bits per heavy atom. The van der Waals surface area contributed by atoms with Crippen LogP contribution >= 0.6 is 0 Å². The maximum atomic E-state index is 14.1. The number of nitrogens with zero attached hydrogens (tertiary/aromatic N) is 1. The number of fused-ring (bicyclic) bond motifs is 1. The van der Waals surface area contributed by atoms with Crippen molar-refractivity contribution < 1.29 is 22.3 Å². The Labute approximate surface area is 163 Å². The first kappa shape index (κ1) is 20.0. The summed E-state index contributed by atoms with van der Waals surface area (Å²) in [7, 11) is -2.50. The molecule has 28 heavy (non-hydrogen) atoms. The summed E-state index contributed by atoms with van der Waals surface area (Å²) in [5, 5.41) is 0. The SMILES string of the molecule is C=CCNS(=O)(=O)c1cc(C(=O)N2CCc3ccc(OC)cc3C2)ccc1F. The van der Waals surface area contributed by atoms with Gasteiger partial charge in [-0.05, 0) is 47.9 Å². The summed E-state index contributed by atoms with van der Waals surface area (Å²) in [5.41, 5.74) is 2.23. The molecule has 6 nitrogen and oxygen atoms in total. The molecular weight excluding hydrogens is 383 g/mol. The number of methoxy groups -OCH3 is 1. The smallest absolute Gasteiger partial charge is 0.254 e. The second-order valence-corrected chi connectivity index (χ2v) is 8.13. The third-order valence-electron chi connectivity index (χ3n) is 4.60. The molecule has 1 N–H and O–H groups in total. The first-order valence-corrected chi connectivity index (χ1v) is 10.2. The first-order chi connectivity index (χ1) is 13.4. The number of ether oxygens (including phenoxy) is 1. The second-order valence-electron chi connectivity index (χ2n) is 6.40. The number of rotatable bonds is 6. The monoisotopic (exact) mass is 404 g/mol. The summed E-state index contributed by atoms with van der Waals surface area (Å²) in [4.78, 5) is 14.0. The molecule has 0 saturated heterocycles. The average Bonchev–Trinajstić information content (AvgIpc) is 2.71. The zero-order valence-electron chi connectivity index (χ0n) is 15.4. The number of benzene rings is 2. The molecule has 0 fully saturated rings. The summed E-state index contributed by atoms with van der Waals surface area (Å²) >= 11 is 0. The minimum atomic E-state index is -4.08. The molecule has 0 saturated carbocycles. The molecule has 1 aliphatic rings. The molecule has 1 heterocycles. The van der Waals surface area contributed by atoms with E-state index in [9.17, 15) is 17.6 Å². The van der Waals surface area contributed by atoms with E-state index in [4.69, 9.17) is 4.74 Å². The predicted octanol–water partition coefficient (Wildman–Crippen LogP) is 2.50. The van der Waals surface area contributed by atoms with Crippen molar-refractivity contribution in [2.45, 2.75) is 17.9 Å². The van der Waals surface area contributed by atoms with Crippen LogP contribution in [0.4, 0.5) is 4.39 Å². The fourth-order valence-corrected chi connectivity index (χ4v) is 4.20. The van der Waals surface area contributed by atoms with Gasteiger partial charge < -0.3 is 9.64 Å². The number of carbonyl (C=O) groups excluding carboxylic acids is 1. The first-order valence-electron chi connectivity index (χ1n) is 8.71. The van der Waals surface area contributed by atoms with Crippen molar-refractivity contribution in [3.05, 3.63) is 71.6 Å². The van der Waals surface area contributed by atoms with E-state index in [0.29, 0.717) is 25.3 Å². The molecule has 148 valence electrons. The third kappa shape index (κ3) is 4.07. The van der Waals surface area contributed by atoms with Gasteiger partial charge in [0.1, 0.15) is 16.5 Å². The van der Waals surface area contributed by atoms with Crippen LogP contribution in [0.1, 0.15) is 21.5 Å². The van der Waals surface area contributed by atoms with Crippen LogP contribution in [0, 0.1) is 5.82 Å². The molecule has 8 heteroatoms. The lowest BCUT2D eigenvalue weighted by Gasteiger charge is -2.29. The van der Waals surface area contributed by atoms with Crippen LogP contribution in [-0.4, -0.2) is 39.4 Å². The van der Waals surface area contributed by atoms with Gasteiger partial charge in [-0.15, -0.1) is 6.58 Å². The Kier molecular flexibility index (Phi) is 5.81. The average molecular weight is 404 g/mol. The molecule has 0 atom stereocenters. The Morgan fingerprint density at radius 1 is 1.29 bits per heavy atom. The lowest BCUT2D eigenvalue weighted by atomic mass is 9.99. The van der Waals surface area contributed by atoms with E-state index < -0.39 is 20.7 Å². The summed E-state index contributed by atoms with van der Waals surface area (Å²) in [6.45, 7) is 4.26. The third-order valence-corrected chi connectivity index (χ3v) is 6.04. The fraction of sp³-hybridized carbons (Fsp3) is 0.250. The molecule has 0 spiro atoms. The number of carbonyl (C=O) groups is 1. The highest BCUT2D eigenvalue weighted by atomic mass is 32.2. The number of amides is 1. The van der Waals surface area contributed by atoms with Gasteiger partial charge in [-0.2, -0.15) is 0 Å². The van der Waals surface area contributed by atoms with Crippen LogP contribution in [0.25, 0.3) is 0 Å². The molecule has 0 aromatic heterocycles. The molecule has 2 aromatic carbocycles. The van der Waals surface area contributed by atoms with Crippen molar-refractivity contribution in [2.75, 3.05) is 20.2 Å². The molecule has 1 aliphatic heterocycles. The van der Waals surface area contributed by atoms with Crippen molar-refractivity contribution in [3.63, 3.8) is 0 Å². The van der Waals surface area contributed by atoms with Crippen LogP contribution in [0.3, 0.4) is 0 Å². The van der Waals surface area contributed by atoms with Gasteiger partial charge >= 0.3 is 0 Å².